The molecule has 0 spiro atoms. The van der Waals surface area contributed by atoms with E-state index < -0.39 is 0 Å². The number of ether oxygens (including phenoxy) is 2. The maximum absolute atomic E-state index is 12.3. The number of carbonyl (C=O) groups excluding carboxylic acids is 1. The first-order chi connectivity index (χ1) is 11.5. The fraction of sp³-hybridized carbons (Fsp3) is 0.211. The number of carbonyl (C=O) groups is 1. The number of halogens is 1. The van der Waals surface area contributed by atoms with Crippen LogP contribution in [0.5, 0.6) is 11.5 Å². The molecule has 2 heterocycles. The molecule has 2 aromatic rings. The van der Waals surface area contributed by atoms with Gasteiger partial charge < -0.3 is 14.8 Å². The molecule has 1 N–H and O–H groups in total. The van der Waals surface area contributed by atoms with Gasteiger partial charge in [-0.25, -0.2) is 0 Å². The highest BCUT2D eigenvalue weighted by Gasteiger charge is 2.26. The van der Waals surface area contributed by atoms with Crippen LogP contribution in [0.4, 0.5) is 5.69 Å². The predicted molar refractivity (Wildman–Crippen MR) is 94.7 cm³/mol. The normalized spacial score (nSPS) is 19.7. The number of amides is 1. The van der Waals surface area contributed by atoms with Crippen LogP contribution in [-0.2, 0) is 11.2 Å². The molecule has 0 aliphatic carbocycles. The van der Waals surface area contributed by atoms with Crippen LogP contribution in [0, 0.1) is 0 Å². The molecule has 122 valence electrons. The van der Waals surface area contributed by atoms with Crippen molar-refractivity contribution in [3.63, 3.8) is 0 Å². The zero-order chi connectivity index (χ0) is 16.8. The SMILES string of the molecule is COc1cc2c(cc1/C=C1\C(=O)Nc3ccc(Cl)cc31)O[C@@H](C)C2. The summed E-state index contributed by atoms with van der Waals surface area (Å²) in [7, 11) is 1.63. The third kappa shape index (κ3) is 2.43. The average molecular weight is 342 g/mol. The van der Waals surface area contributed by atoms with Crippen LogP contribution in [0.1, 0.15) is 23.6 Å². The predicted octanol–water partition coefficient (Wildman–Crippen LogP) is 4.16. The molecule has 2 aromatic carbocycles. The van der Waals surface area contributed by atoms with E-state index in [0.717, 1.165) is 40.3 Å². The van der Waals surface area contributed by atoms with E-state index in [2.05, 4.69) is 5.32 Å². The Morgan fingerprint density at radius 3 is 2.96 bits per heavy atom. The Hall–Kier alpha value is -2.46. The molecule has 5 heteroatoms. The zero-order valence-electron chi connectivity index (χ0n) is 13.4. The highest BCUT2D eigenvalue weighted by molar-refractivity contribution is 6.36. The zero-order valence-corrected chi connectivity index (χ0v) is 14.1. The number of hydrogen-bond donors (Lipinski definition) is 1. The molecule has 0 saturated carbocycles. The highest BCUT2D eigenvalue weighted by Crippen LogP contribution is 2.39. The second kappa shape index (κ2) is 5.56. The highest BCUT2D eigenvalue weighted by atomic mass is 35.5. The molecular weight excluding hydrogens is 326 g/mol. The molecule has 1 atom stereocenters. The van der Waals surface area contributed by atoms with Crippen LogP contribution in [0.15, 0.2) is 30.3 Å². The van der Waals surface area contributed by atoms with Crippen LogP contribution in [0.25, 0.3) is 11.6 Å². The van der Waals surface area contributed by atoms with Crippen molar-refractivity contribution >= 4 is 34.8 Å². The molecule has 0 aromatic heterocycles. The summed E-state index contributed by atoms with van der Waals surface area (Å²) in [5.41, 5.74) is 4.06. The molecule has 4 nitrogen and oxygen atoms in total. The quantitative estimate of drug-likeness (QED) is 0.834. The number of rotatable bonds is 2. The Bertz CT molecular complexity index is 888. The lowest BCUT2D eigenvalue weighted by molar-refractivity contribution is -0.110. The lowest BCUT2D eigenvalue weighted by Gasteiger charge is -2.09. The number of anilines is 1. The molecule has 1 amide bonds. The molecular formula is C19H16ClNO3. The molecule has 0 radical (unpaired) electrons. The molecule has 2 aliphatic heterocycles. The molecule has 0 unspecified atom stereocenters. The fourth-order valence-electron chi connectivity index (χ4n) is 3.20. The van der Waals surface area contributed by atoms with Crippen molar-refractivity contribution in [3.8, 4) is 11.5 Å². The van der Waals surface area contributed by atoms with E-state index in [-0.39, 0.29) is 12.0 Å². The van der Waals surface area contributed by atoms with Crippen LogP contribution in [-0.4, -0.2) is 19.1 Å². The smallest absolute Gasteiger partial charge is 0.256 e. The Morgan fingerprint density at radius 1 is 1.33 bits per heavy atom. The molecule has 0 saturated heterocycles. The summed E-state index contributed by atoms with van der Waals surface area (Å²) >= 11 is 6.08. The number of nitrogens with one attached hydrogen (secondary N) is 1. The van der Waals surface area contributed by atoms with E-state index in [4.69, 9.17) is 21.1 Å². The lowest BCUT2D eigenvalue weighted by Crippen LogP contribution is -2.05. The monoisotopic (exact) mass is 341 g/mol. The summed E-state index contributed by atoms with van der Waals surface area (Å²) in [6.07, 6.45) is 2.84. The van der Waals surface area contributed by atoms with E-state index in [9.17, 15) is 4.79 Å². The summed E-state index contributed by atoms with van der Waals surface area (Å²) in [6.45, 7) is 2.03. The minimum atomic E-state index is -0.149. The molecule has 2 aliphatic rings. The number of hydrogen-bond acceptors (Lipinski definition) is 3. The Labute approximate surface area is 145 Å². The first-order valence-corrected chi connectivity index (χ1v) is 8.13. The van der Waals surface area contributed by atoms with Gasteiger partial charge in [-0.05, 0) is 43.3 Å². The molecule has 0 fully saturated rings. The van der Waals surface area contributed by atoms with Gasteiger partial charge in [0, 0.05) is 39.4 Å². The second-order valence-corrected chi connectivity index (χ2v) is 6.47. The van der Waals surface area contributed by atoms with Crippen molar-refractivity contribution in [1.82, 2.24) is 0 Å². The van der Waals surface area contributed by atoms with E-state index in [0.29, 0.717) is 10.6 Å². The van der Waals surface area contributed by atoms with Gasteiger partial charge >= 0.3 is 0 Å². The third-order valence-electron chi connectivity index (χ3n) is 4.31. The Morgan fingerprint density at radius 2 is 2.17 bits per heavy atom. The van der Waals surface area contributed by atoms with Gasteiger partial charge in [-0.3, -0.25) is 4.79 Å². The van der Waals surface area contributed by atoms with Gasteiger partial charge in [0.05, 0.1) is 7.11 Å². The van der Waals surface area contributed by atoms with Crippen molar-refractivity contribution in [3.05, 3.63) is 52.0 Å². The fourth-order valence-corrected chi connectivity index (χ4v) is 3.38. The average Bonchev–Trinajstić information content (AvgIpc) is 3.05. The maximum atomic E-state index is 12.3. The van der Waals surface area contributed by atoms with Crippen molar-refractivity contribution in [2.75, 3.05) is 12.4 Å². The first-order valence-electron chi connectivity index (χ1n) is 7.75. The first kappa shape index (κ1) is 15.1. The van der Waals surface area contributed by atoms with Crippen molar-refractivity contribution in [2.45, 2.75) is 19.4 Å². The maximum Gasteiger partial charge on any atom is 0.256 e. The molecule has 4 rings (SSSR count). The third-order valence-corrected chi connectivity index (χ3v) is 4.55. The van der Waals surface area contributed by atoms with Gasteiger partial charge in [-0.1, -0.05) is 11.6 Å². The van der Waals surface area contributed by atoms with E-state index >= 15 is 0 Å². The van der Waals surface area contributed by atoms with Gasteiger partial charge in [-0.2, -0.15) is 0 Å². The Balaban J connectivity index is 1.84. The minimum absolute atomic E-state index is 0.149. The number of fused-ring (bicyclic) bond motifs is 2. The minimum Gasteiger partial charge on any atom is -0.496 e. The number of methoxy groups -OCH3 is 1. The van der Waals surface area contributed by atoms with Gasteiger partial charge in [0.2, 0.25) is 0 Å². The molecule has 0 bridgehead atoms. The topological polar surface area (TPSA) is 47.6 Å². The summed E-state index contributed by atoms with van der Waals surface area (Å²) in [5.74, 6) is 1.42. The van der Waals surface area contributed by atoms with Gasteiger partial charge in [-0.15, -0.1) is 0 Å². The van der Waals surface area contributed by atoms with E-state index in [1.165, 1.54) is 0 Å². The van der Waals surface area contributed by atoms with E-state index in [1.54, 1.807) is 25.3 Å². The summed E-state index contributed by atoms with van der Waals surface area (Å²) in [6, 6.07) is 9.27. The summed E-state index contributed by atoms with van der Waals surface area (Å²) in [5, 5.41) is 3.45. The van der Waals surface area contributed by atoms with Crippen molar-refractivity contribution in [1.29, 1.82) is 0 Å². The largest absolute Gasteiger partial charge is 0.496 e. The standard InChI is InChI=1S/C19H16ClNO3/c1-10-5-11-7-17(23-2)12(8-18(11)24-10)6-15-14-9-13(20)3-4-16(14)21-19(15)22/h3-4,6-10H,5H2,1-2H3,(H,21,22)/b15-6-/t10-/m0/s1. The van der Waals surface area contributed by atoms with Crippen LogP contribution in [0.3, 0.4) is 0 Å². The van der Waals surface area contributed by atoms with Crippen LogP contribution >= 0.6 is 11.6 Å². The van der Waals surface area contributed by atoms with Crippen LogP contribution in [0.2, 0.25) is 5.02 Å². The Kier molecular flexibility index (Phi) is 3.50. The van der Waals surface area contributed by atoms with Crippen molar-refractivity contribution in [2.24, 2.45) is 0 Å². The van der Waals surface area contributed by atoms with Crippen LogP contribution < -0.4 is 14.8 Å². The van der Waals surface area contributed by atoms with Gasteiger partial charge in [0.25, 0.3) is 5.91 Å². The molecule has 24 heavy (non-hydrogen) atoms. The van der Waals surface area contributed by atoms with E-state index in [1.807, 2.05) is 25.1 Å². The lowest BCUT2D eigenvalue weighted by atomic mass is 10.0. The van der Waals surface area contributed by atoms with Gasteiger partial charge in [0.1, 0.15) is 17.6 Å². The van der Waals surface area contributed by atoms with Crippen molar-refractivity contribution < 1.29 is 14.3 Å². The van der Waals surface area contributed by atoms with Gasteiger partial charge in [0.15, 0.2) is 0 Å². The summed E-state index contributed by atoms with van der Waals surface area (Å²) in [4.78, 5) is 12.3. The summed E-state index contributed by atoms with van der Waals surface area (Å²) < 4.78 is 11.3. The number of benzene rings is 2. The second-order valence-electron chi connectivity index (χ2n) is 6.04.